The minimum Gasteiger partial charge on any atom is -0.422 e. The van der Waals surface area contributed by atoms with Gasteiger partial charge in [0.05, 0.1) is 11.4 Å². The van der Waals surface area contributed by atoms with Crippen LogP contribution in [0.2, 0.25) is 0 Å². The van der Waals surface area contributed by atoms with Crippen LogP contribution in [0.1, 0.15) is 24.2 Å². The third-order valence-electron chi connectivity index (χ3n) is 4.92. The van der Waals surface area contributed by atoms with Gasteiger partial charge in [-0.1, -0.05) is 30.3 Å². The van der Waals surface area contributed by atoms with Crippen LogP contribution < -0.4 is 15.4 Å². The second-order valence-electron chi connectivity index (χ2n) is 6.52. The summed E-state index contributed by atoms with van der Waals surface area (Å²) in [6.45, 7) is 5.57. The van der Waals surface area contributed by atoms with E-state index in [4.69, 9.17) is 4.42 Å². The lowest BCUT2D eigenvalue weighted by atomic mass is 10.1. The first-order valence-electron chi connectivity index (χ1n) is 8.80. The van der Waals surface area contributed by atoms with Gasteiger partial charge in [-0.25, -0.2) is 4.79 Å². The highest BCUT2D eigenvalue weighted by Crippen LogP contribution is 2.35. The van der Waals surface area contributed by atoms with Crippen molar-refractivity contribution in [2.45, 2.75) is 19.9 Å². The quantitative estimate of drug-likeness (QED) is 0.663. The molecule has 0 saturated heterocycles. The van der Waals surface area contributed by atoms with E-state index in [0.29, 0.717) is 12.1 Å². The molecule has 0 bridgehead atoms. The standard InChI is InChI=1S/C21H20N2O3/c1-3-22-14(2)13-23(18-10-6-5-9-17(18)22)20(24)16-12-15-8-4-7-11-19(15)26-21(16)25/h4-12,14H,3,13H2,1-2H3. The molecule has 4 rings (SSSR count). The molecule has 0 fully saturated rings. The Morgan fingerprint density at radius 3 is 2.58 bits per heavy atom. The van der Waals surface area contributed by atoms with E-state index in [1.807, 2.05) is 36.4 Å². The van der Waals surface area contributed by atoms with Crippen molar-refractivity contribution in [1.29, 1.82) is 0 Å². The Morgan fingerprint density at radius 2 is 1.81 bits per heavy atom. The van der Waals surface area contributed by atoms with E-state index >= 15 is 0 Å². The van der Waals surface area contributed by atoms with Gasteiger partial charge in [0, 0.05) is 24.5 Å². The fourth-order valence-corrected chi connectivity index (χ4v) is 3.66. The molecule has 5 nitrogen and oxygen atoms in total. The number of fused-ring (bicyclic) bond motifs is 2. The maximum atomic E-state index is 13.2. The summed E-state index contributed by atoms with van der Waals surface area (Å²) in [5, 5.41) is 0.740. The van der Waals surface area contributed by atoms with Crippen molar-refractivity contribution in [2.24, 2.45) is 0 Å². The summed E-state index contributed by atoms with van der Waals surface area (Å²) in [6.07, 6.45) is 0. The molecular weight excluding hydrogens is 328 g/mol. The van der Waals surface area contributed by atoms with Gasteiger partial charge in [-0.15, -0.1) is 0 Å². The van der Waals surface area contributed by atoms with E-state index in [2.05, 4.69) is 18.7 Å². The van der Waals surface area contributed by atoms with E-state index in [9.17, 15) is 9.59 Å². The van der Waals surface area contributed by atoms with E-state index < -0.39 is 5.63 Å². The van der Waals surface area contributed by atoms with Crippen LogP contribution in [0.15, 0.2) is 63.8 Å². The molecule has 5 heteroatoms. The molecule has 0 saturated carbocycles. The van der Waals surface area contributed by atoms with Crippen LogP contribution in [0.25, 0.3) is 11.0 Å². The lowest BCUT2D eigenvalue weighted by molar-refractivity contribution is 0.0981. The van der Waals surface area contributed by atoms with E-state index in [-0.39, 0.29) is 17.5 Å². The maximum Gasteiger partial charge on any atom is 0.349 e. The van der Waals surface area contributed by atoms with Crippen molar-refractivity contribution < 1.29 is 9.21 Å². The van der Waals surface area contributed by atoms with Crippen LogP contribution in [0, 0.1) is 0 Å². The number of hydrogen-bond acceptors (Lipinski definition) is 4. The summed E-state index contributed by atoms with van der Waals surface area (Å²) in [5.41, 5.74) is 1.78. The molecule has 0 spiro atoms. The number of rotatable bonds is 2. The molecule has 1 unspecified atom stereocenters. The van der Waals surface area contributed by atoms with Gasteiger partial charge in [0.15, 0.2) is 0 Å². The first-order chi connectivity index (χ1) is 12.6. The second kappa shape index (κ2) is 6.33. The number of carbonyl (C=O) groups excluding carboxylic acids is 1. The van der Waals surface area contributed by atoms with Crippen molar-refractivity contribution in [3.63, 3.8) is 0 Å². The van der Waals surface area contributed by atoms with Crippen molar-refractivity contribution >= 4 is 28.3 Å². The Labute approximate surface area is 151 Å². The molecule has 1 aliphatic rings. The normalized spacial score (nSPS) is 16.6. The minimum atomic E-state index is -0.600. The van der Waals surface area contributed by atoms with E-state index in [1.54, 1.807) is 23.1 Å². The molecule has 26 heavy (non-hydrogen) atoms. The average molecular weight is 348 g/mol. The van der Waals surface area contributed by atoms with Gasteiger partial charge in [0.1, 0.15) is 11.1 Å². The highest BCUT2D eigenvalue weighted by molar-refractivity contribution is 6.09. The van der Waals surface area contributed by atoms with Crippen LogP contribution in [-0.2, 0) is 0 Å². The molecule has 0 N–H and O–H groups in total. The summed E-state index contributed by atoms with van der Waals surface area (Å²) in [4.78, 5) is 29.6. The summed E-state index contributed by atoms with van der Waals surface area (Å²) in [5.74, 6) is -0.320. The summed E-state index contributed by atoms with van der Waals surface area (Å²) in [6, 6.07) is 16.8. The van der Waals surface area contributed by atoms with Gasteiger partial charge in [0.2, 0.25) is 0 Å². The molecule has 3 aromatic rings. The SMILES string of the molecule is CCN1c2ccccc2N(C(=O)c2cc3ccccc3oc2=O)CC1C. The predicted octanol–water partition coefficient (Wildman–Crippen LogP) is 3.67. The molecule has 0 radical (unpaired) electrons. The molecule has 0 aliphatic carbocycles. The van der Waals surface area contributed by atoms with Gasteiger partial charge in [-0.05, 0) is 38.1 Å². The van der Waals surface area contributed by atoms with Crippen molar-refractivity contribution in [2.75, 3.05) is 22.9 Å². The zero-order valence-corrected chi connectivity index (χ0v) is 14.8. The van der Waals surface area contributed by atoms with Gasteiger partial charge >= 0.3 is 5.63 Å². The van der Waals surface area contributed by atoms with Crippen molar-refractivity contribution in [3.8, 4) is 0 Å². The lowest BCUT2D eigenvalue weighted by Crippen LogP contribution is -2.50. The number of benzene rings is 2. The zero-order chi connectivity index (χ0) is 18.3. The van der Waals surface area contributed by atoms with Gasteiger partial charge in [-0.2, -0.15) is 0 Å². The van der Waals surface area contributed by atoms with Crippen LogP contribution in [0.5, 0.6) is 0 Å². The molecule has 1 aromatic heterocycles. The van der Waals surface area contributed by atoms with Crippen molar-refractivity contribution in [1.82, 2.24) is 0 Å². The Balaban J connectivity index is 1.82. The van der Waals surface area contributed by atoms with Crippen molar-refractivity contribution in [3.05, 3.63) is 70.6 Å². The maximum absolute atomic E-state index is 13.2. The second-order valence-corrected chi connectivity index (χ2v) is 6.52. The Morgan fingerprint density at radius 1 is 1.12 bits per heavy atom. The Bertz CT molecular complexity index is 1040. The zero-order valence-electron chi connectivity index (χ0n) is 14.8. The van der Waals surface area contributed by atoms with Crippen LogP contribution in [0.3, 0.4) is 0 Å². The third-order valence-corrected chi connectivity index (χ3v) is 4.92. The molecule has 132 valence electrons. The molecule has 1 atom stereocenters. The Hall–Kier alpha value is -3.08. The molecular formula is C21H20N2O3. The Kier molecular flexibility index (Phi) is 3.99. The van der Waals surface area contributed by atoms with Crippen LogP contribution in [0.4, 0.5) is 11.4 Å². The number of amides is 1. The smallest absolute Gasteiger partial charge is 0.349 e. The first-order valence-corrected chi connectivity index (χ1v) is 8.80. The molecule has 1 aliphatic heterocycles. The van der Waals surface area contributed by atoms with Crippen LogP contribution >= 0.6 is 0 Å². The number of carbonyl (C=O) groups is 1. The van der Waals surface area contributed by atoms with E-state index in [1.165, 1.54) is 0 Å². The number of nitrogens with zero attached hydrogens (tertiary/aromatic N) is 2. The number of likely N-dealkylation sites (N-methyl/N-ethyl adjacent to an activating group) is 1. The largest absolute Gasteiger partial charge is 0.422 e. The molecule has 2 aromatic carbocycles. The van der Waals surface area contributed by atoms with Gasteiger partial charge in [0.25, 0.3) is 5.91 Å². The number of anilines is 2. The summed E-state index contributed by atoms with van der Waals surface area (Å²) in [7, 11) is 0. The third kappa shape index (κ3) is 2.56. The predicted molar refractivity (Wildman–Crippen MR) is 103 cm³/mol. The van der Waals surface area contributed by atoms with Crippen LogP contribution in [-0.4, -0.2) is 25.0 Å². The lowest BCUT2D eigenvalue weighted by Gasteiger charge is -2.41. The molecule has 2 heterocycles. The number of hydrogen-bond donors (Lipinski definition) is 0. The van der Waals surface area contributed by atoms with Gasteiger partial charge < -0.3 is 14.2 Å². The fraction of sp³-hybridized carbons (Fsp3) is 0.238. The highest BCUT2D eigenvalue weighted by atomic mass is 16.4. The average Bonchev–Trinajstić information content (AvgIpc) is 2.66. The topological polar surface area (TPSA) is 53.8 Å². The first kappa shape index (κ1) is 16.4. The fourth-order valence-electron chi connectivity index (χ4n) is 3.66. The monoisotopic (exact) mass is 348 g/mol. The minimum absolute atomic E-state index is 0.0654. The van der Waals surface area contributed by atoms with E-state index in [0.717, 1.165) is 23.3 Å². The van der Waals surface area contributed by atoms with Gasteiger partial charge in [-0.3, -0.25) is 4.79 Å². The molecule has 1 amide bonds. The summed E-state index contributed by atoms with van der Waals surface area (Å²) < 4.78 is 5.35. The number of para-hydroxylation sites is 3. The summed E-state index contributed by atoms with van der Waals surface area (Å²) >= 11 is 0. The highest BCUT2D eigenvalue weighted by Gasteiger charge is 2.32.